The van der Waals surface area contributed by atoms with Crippen LogP contribution in [0, 0.1) is 0 Å². The van der Waals surface area contributed by atoms with Crippen molar-refractivity contribution in [1.29, 1.82) is 0 Å². The monoisotopic (exact) mass is 473 g/mol. The molecule has 0 aliphatic heterocycles. The molecule has 0 N–H and O–H groups in total. The van der Waals surface area contributed by atoms with E-state index in [4.69, 9.17) is 9.05 Å². The first-order valence-corrected chi connectivity index (χ1v) is 14.2. The second kappa shape index (κ2) is 26.6. The van der Waals surface area contributed by atoms with E-state index in [2.05, 4.69) is 13.8 Å². The van der Waals surface area contributed by atoms with Crippen molar-refractivity contribution in [3.8, 4) is 0 Å². The largest absolute Gasteiger partial charge is 2.00 e. The fraction of sp³-hybridized carbons (Fsp3) is 1.00. The van der Waals surface area contributed by atoms with Gasteiger partial charge in [-0.3, -0.25) is 4.57 Å². The predicted molar refractivity (Wildman–Crippen MR) is 129 cm³/mol. The van der Waals surface area contributed by atoms with E-state index < -0.39 is 7.82 Å². The summed E-state index contributed by atoms with van der Waals surface area (Å²) >= 11 is 0. The Morgan fingerprint density at radius 2 is 0.733 bits per heavy atom. The van der Waals surface area contributed by atoms with Gasteiger partial charge in [0.1, 0.15) is 0 Å². The summed E-state index contributed by atoms with van der Waals surface area (Å²) < 4.78 is 21.7. The van der Waals surface area contributed by atoms with Gasteiger partial charge in [-0.15, -0.1) is 0 Å². The maximum Gasteiger partial charge on any atom is 2.00 e. The number of rotatable bonds is 24. The van der Waals surface area contributed by atoms with Gasteiger partial charge in [-0.2, -0.15) is 0 Å². The molecule has 0 radical (unpaired) electrons. The summed E-state index contributed by atoms with van der Waals surface area (Å²) in [5.74, 6) is 0. The van der Waals surface area contributed by atoms with Gasteiger partial charge >= 0.3 is 37.7 Å². The van der Waals surface area contributed by atoms with Gasteiger partial charge < -0.3 is 13.9 Å². The topological polar surface area (TPSA) is 58.6 Å². The summed E-state index contributed by atoms with van der Waals surface area (Å²) in [4.78, 5) is 11.7. The summed E-state index contributed by atoms with van der Waals surface area (Å²) in [6.07, 6.45) is 24.5. The molecule has 0 heterocycles. The van der Waals surface area contributed by atoms with Crippen LogP contribution in [0.2, 0.25) is 0 Å². The smallest absolute Gasteiger partial charge is 0.756 e. The first-order chi connectivity index (χ1) is 14.1. The Morgan fingerprint density at radius 3 is 1.00 bits per heavy atom. The third-order valence-corrected chi connectivity index (χ3v) is 6.49. The van der Waals surface area contributed by atoms with Gasteiger partial charge in [-0.1, -0.05) is 129 Å². The van der Waals surface area contributed by atoms with Crippen LogP contribution in [0.15, 0.2) is 0 Å². The zero-order valence-electron chi connectivity index (χ0n) is 20.3. The minimum Gasteiger partial charge on any atom is -0.756 e. The zero-order valence-corrected chi connectivity index (χ0v) is 23.4. The Kier molecular flexibility index (Phi) is 29.8. The molecule has 0 aliphatic carbocycles. The van der Waals surface area contributed by atoms with Crippen molar-refractivity contribution < 1.29 is 18.5 Å². The molecule has 0 aromatic carbocycles. The van der Waals surface area contributed by atoms with E-state index in [-0.39, 0.29) is 51.0 Å². The number of hydrogen-bond donors (Lipinski definition) is 0. The normalized spacial score (nSPS) is 11.6. The molecule has 0 saturated heterocycles. The molecule has 0 amide bonds. The van der Waals surface area contributed by atoms with Crippen molar-refractivity contribution in [3.05, 3.63) is 0 Å². The van der Waals surface area contributed by atoms with Gasteiger partial charge in [0.25, 0.3) is 7.82 Å². The molecule has 30 heavy (non-hydrogen) atoms. The summed E-state index contributed by atoms with van der Waals surface area (Å²) in [6.45, 7) is 5.00. The van der Waals surface area contributed by atoms with Gasteiger partial charge in [0.05, 0.1) is 13.2 Å². The van der Waals surface area contributed by atoms with Crippen LogP contribution in [-0.4, -0.2) is 51.0 Å². The molecule has 0 fully saturated rings. The molecule has 0 spiro atoms. The fourth-order valence-electron chi connectivity index (χ4n) is 3.57. The summed E-state index contributed by atoms with van der Waals surface area (Å²) in [7, 11) is -4.10. The van der Waals surface area contributed by atoms with Crippen LogP contribution in [-0.2, 0) is 13.6 Å². The maximum atomic E-state index is 11.7. The van der Waals surface area contributed by atoms with Crippen molar-refractivity contribution >= 4 is 45.6 Å². The average molecular weight is 474 g/mol. The van der Waals surface area contributed by atoms with Crippen molar-refractivity contribution in [2.75, 3.05) is 13.2 Å². The number of unbranched alkanes of at least 4 members (excludes halogenated alkanes) is 18. The molecule has 6 heteroatoms. The van der Waals surface area contributed by atoms with Gasteiger partial charge in [0.2, 0.25) is 0 Å². The summed E-state index contributed by atoms with van der Waals surface area (Å²) in [5.41, 5.74) is 0. The van der Waals surface area contributed by atoms with Crippen molar-refractivity contribution in [1.82, 2.24) is 0 Å². The second-order valence-corrected chi connectivity index (χ2v) is 9.89. The number of phosphoric ester groups is 1. The van der Waals surface area contributed by atoms with E-state index in [1.807, 2.05) is 0 Å². The molecule has 0 aromatic heterocycles. The van der Waals surface area contributed by atoms with Gasteiger partial charge in [0.15, 0.2) is 0 Å². The fourth-order valence-corrected chi connectivity index (χ4v) is 4.35. The minimum atomic E-state index is -4.10. The standard InChI is InChI=1S/C24H51O4P.Ca/c1-3-5-7-9-11-13-15-17-19-21-23-27-29(25,26)28-24-22-20-18-16-14-12-10-8-6-4-2;/h3-24H2,1-2H3,(H,25,26);/q;+2/p-1. The zero-order chi connectivity index (χ0) is 21.5. The molecule has 0 rings (SSSR count). The Hall–Kier alpha value is 1.37. The minimum absolute atomic E-state index is 0. The predicted octanol–water partition coefficient (Wildman–Crippen LogP) is 7.95. The van der Waals surface area contributed by atoms with E-state index in [0.29, 0.717) is 0 Å². The first kappa shape index (κ1) is 33.5. The third kappa shape index (κ3) is 27.4. The van der Waals surface area contributed by atoms with E-state index in [1.165, 1.54) is 103 Å². The van der Waals surface area contributed by atoms with Crippen LogP contribution in [0.4, 0.5) is 0 Å². The second-order valence-electron chi connectivity index (χ2n) is 8.48. The SMILES string of the molecule is CCCCCCCCCCCCOP(=O)([O-])OCCCCCCCCCCCC.[Ca+2]. The number of hydrogen-bond acceptors (Lipinski definition) is 4. The Labute approximate surface area is 218 Å². The van der Waals surface area contributed by atoms with E-state index in [0.717, 1.165) is 25.7 Å². The van der Waals surface area contributed by atoms with Crippen LogP contribution in [0.25, 0.3) is 0 Å². The maximum absolute atomic E-state index is 11.7. The van der Waals surface area contributed by atoms with Crippen molar-refractivity contribution in [2.24, 2.45) is 0 Å². The van der Waals surface area contributed by atoms with Crippen LogP contribution in [0.3, 0.4) is 0 Å². The summed E-state index contributed by atoms with van der Waals surface area (Å²) in [6, 6.07) is 0. The molecule has 176 valence electrons. The van der Waals surface area contributed by atoms with Crippen molar-refractivity contribution in [3.63, 3.8) is 0 Å². The van der Waals surface area contributed by atoms with Crippen LogP contribution >= 0.6 is 7.82 Å². The quantitative estimate of drug-likeness (QED) is 0.0810. The van der Waals surface area contributed by atoms with Crippen LogP contribution in [0.5, 0.6) is 0 Å². The Morgan fingerprint density at radius 1 is 0.500 bits per heavy atom. The van der Waals surface area contributed by atoms with E-state index >= 15 is 0 Å². The molecule has 0 aliphatic rings. The van der Waals surface area contributed by atoms with Crippen LogP contribution < -0.4 is 4.89 Å². The summed E-state index contributed by atoms with van der Waals surface area (Å²) in [5, 5.41) is 0. The Balaban J connectivity index is 0. The van der Waals surface area contributed by atoms with Crippen molar-refractivity contribution in [2.45, 2.75) is 142 Å². The van der Waals surface area contributed by atoms with Gasteiger partial charge in [-0.25, -0.2) is 0 Å². The Bertz CT molecular complexity index is 339. The molecular weight excluding hydrogens is 423 g/mol. The van der Waals surface area contributed by atoms with Gasteiger partial charge in [-0.05, 0) is 12.8 Å². The molecule has 0 aromatic rings. The first-order valence-electron chi connectivity index (χ1n) is 12.7. The van der Waals surface area contributed by atoms with E-state index in [9.17, 15) is 9.46 Å². The molecule has 0 saturated carbocycles. The molecule has 4 nitrogen and oxygen atoms in total. The molecular formula is C24H50CaO4P+. The van der Waals surface area contributed by atoms with E-state index in [1.54, 1.807) is 0 Å². The third-order valence-electron chi connectivity index (χ3n) is 5.49. The number of phosphoric acid groups is 1. The average Bonchev–Trinajstić information content (AvgIpc) is 2.70. The molecule has 0 unspecified atom stereocenters. The van der Waals surface area contributed by atoms with Gasteiger partial charge in [0, 0.05) is 0 Å². The molecule has 0 bridgehead atoms. The molecule has 0 atom stereocenters. The van der Waals surface area contributed by atoms with Crippen LogP contribution in [0.1, 0.15) is 142 Å².